The number of nitro benzene ring substituents is 1. The molecule has 4 nitrogen and oxygen atoms in total. The van der Waals surface area contributed by atoms with Gasteiger partial charge in [0.05, 0.1) is 11.0 Å². The topological polar surface area (TPSA) is 69.2 Å². The third kappa shape index (κ3) is 3.49. The minimum absolute atomic E-state index is 0.227. The highest BCUT2D eigenvalue weighted by Crippen LogP contribution is 2.22. The second kappa shape index (κ2) is 5.23. The van der Waals surface area contributed by atoms with Crippen LogP contribution in [0.1, 0.15) is 32.3 Å². The van der Waals surface area contributed by atoms with E-state index in [1.807, 2.05) is 13.8 Å². The van der Waals surface area contributed by atoms with E-state index in [4.69, 9.17) is 5.73 Å². The predicted molar refractivity (Wildman–Crippen MR) is 64.3 cm³/mol. The summed E-state index contributed by atoms with van der Waals surface area (Å²) < 4.78 is 13.2. The standard InChI is InChI=1S/C12H17FN2O2/c1-3-12(14,4-2)8-9-5-10(13)7-11(6-9)15(16)17/h5-7H,3-4,8,14H2,1-2H3. The van der Waals surface area contributed by atoms with Gasteiger partial charge in [-0.1, -0.05) is 13.8 Å². The van der Waals surface area contributed by atoms with Gasteiger partial charge in [0, 0.05) is 11.6 Å². The molecule has 0 atom stereocenters. The third-order valence-corrected chi connectivity index (χ3v) is 3.12. The number of rotatable bonds is 5. The second-order valence-corrected chi connectivity index (χ2v) is 4.32. The third-order valence-electron chi connectivity index (χ3n) is 3.12. The second-order valence-electron chi connectivity index (χ2n) is 4.32. The van der Waals surface area contributed by atoms with Crippen molar-refractivity contribution in [2.24, 2.45) is 5.73 Å². The average Bonchev–Trinajstić information content (AvgIpc) is 2.28. The molecule has 0 heterocycles. The minimum atomic E-state index is -0.595. The smallest absolute Gasteiger partial charge is 0.272 e. The molecule has 2 N–H and O–H groups in total. The molecule has 5 heteroatoms. The van der Waals surface area contributed by atoms with Crippen LogP contribution in [0.5, 0.6) is 0 Å². The van der Waals surface area contributed by atoms with Gasteiger partial charge in [-0.15, -0.1) is 0 Å². The molecule has 1 rings (SSSR count). The van der Waals surface area contributed by atoms with Gasteiger partial charge >= 0.3 is 0 Å². The summed E-state index contributed by atoms with van der Waals surface area (Å²) in [6, 6.07) is 3.61. The zero-order valence-electron chi connectivity index (χ0n) is 10.1. The van der Waals surface area contributed by atoms with Gasteiger partial charge in [0.2, 0.25) is 0 Å². The molecule has 0 fully saturated rings. The maximum Gasteiger partial charge on any atom is 0.272 e. The van der Waals surface area contributed by atoms with Crippen molar-refractivity contribution in [3.8, 4) is 0 Å². The molecule has 0 saturated heterocycles. The molecule has 0 saturated carbocycles. The number of halogens is 1. The fourth-order valence-corrected chi connectivity index (χ4v) is 1.75. The molecule has 0 amide bonds. The summed E-state index contributed by atoms with van der Waals surface area (Å²) in [5, 5.41) is 10.6. The van der Waals surface area contributed by atoms with Crippen LogP contribution in [-0.2, 0) is 6.42 Å². The Morgan fingerprint density at radius 3 is 2.41 bits per heavy atom. The number of benzene rings is 1. The van der Waals surface area contributed by atoms with Crippen LogP contribution in [0.2, 0.25) is 0 Å². The van der Waals surface area contributed by atoms with E-state index >= 15 is 0 Å². The number of nitro groups is 1. The quantitative estimate of drug-likeness (QED) is 0.635. The van der Waals surface area contributed by atoms with Crippen LogP contribution in [-0.4, -0.2) is 10.5 Å². The summed E-state index contributed by atoms with van der Waals surface area (Å²) in [6.45, 7) is 3.91. The first-order valence-corrected chi connectivity index (χ1v) is 5.63. The molecule has 0 aromatic heterocycles. The number of nitrogens with zero attached hydrogens (tertiary/aromatic N) is 1. The van der Waals surface area contributed by atoms with E-state index in [0.717, 1.165) is 18.9 Å². The van der Waals surface area contributed by atoms with E-state index in [-0.39, 0.29) is 5.69 Å². The Morgan fingerprint density at radius 1 is 1.35 bits per heavy atom. The zero-order valence-corrected chi connectivity index (χ0v) is 10.1. The van der Waals surface area contributed by atoms with Gasteiger partial charge in [-0.2, -0.15) is 0 Å². The Morgan fingerprint density at radius 2 is 1.94 bits per heavy atom. The highest BCUT2D eigenvalue weighted by molar-refractivity contribution is 5.36. The van der Waals surface area contributed by atoms with E-state index in [0.29, 0.717) is 12.0 Å². The first kappa shape index (κ1) is 13.6. The molecule has 0 aliphatic carbocycles. The largest absolute Gasteiger partial charge is 0.325 e. The monoisotopic (exact) mass is 240 g/mol. The van der Waals surface area contributed by atoms with Crippen LogP contribution in [0.3, 0.4) is 0 Å². The lowest BCUT2D eigenvalue weighted by molar-refractivity contribution is -0.385. The highest BCUT2D eigenvalue weighted by Gasteiger charge is 2.22. The summed E-state index contributed by atoms with van der Waals surface area (Å²) in [4.78, 5) is 10.0. The molecule has 17 heavy (non-hydrogen) atoms. The van der Waals surface area contributed by atoms with Crippen molar-refractivity contribution in [2.45, 2.75) is 38.6 Å². The van der Waals surface area contributed by atoms with E-state index < -0.39 is 16.3 Å². The molecule has 0 unspecified atom stereocenters. The van der Waals surface area contributed by atoms with Crippen LogP contribution in [0, 0.1) is 15.9 Å². The van der Waals surface area contributed by atoms with Gasteiger partial charge in [0.1, 0.15) is 5.82 Å². The van der Waals surface area contributed by atoms with Gasteiger partial charge in [0.15, 0.2) is 0 Å². The van der Waals surface area contributed by atoms with Crippen molar-refractivity contribution in [2.75, 3.05) is 0 Å². The Labute approximate surface area is 99.8 Å². The molecule has 1 aromatic carbocycles. The number of hydrogen-bond acceptors (Lipinski definition) is 3. The molecule has 1 aromatic rings. The first-order valence-electron chi connectivity index (χ1n) is 5.63. The lowest BCUT2D eigenvalue weighted by Crippen LogP contribution is -2.40. The van der Waals surface area contributed by atoms with E-state index in [1.54, 1.807) is 0 Å². The van der Waals surface area contributed by atoms with Gasteiger partial charge in [-0.25, -0.2) is 4.39 Å². The van der Waals surface area contributed by atoms with E-state index in [9.17, 15) is 14.5 Å². The SMILES string of the molecule is CCC(N)(CC)Cc1cc(F)cc([N+](=O)[O-])c1. The van der Waals surface area contributed by atoms with Crippen molar-refractivity contribution in [1.82, 2.24) is 0 Å². The van der Waals surface area contributed by atoms with Crippen LogP contribution in [0.4, 0.5) is 10.1 Å². The fourth-order valence-electron chi connectivity index (χ4n) is 1.75. The first-order chi connectivity index (χ1) is 7.90. The molecule has 0 radical (unpaired) electrons. The normalized spacial score (nSPS) is 11.5. The Bertz CT molecular complexity index is 417. The van der Waals surface area contributed by atoms with Gasteiger partial charge in [-0.05, 0) is 30.9 Å². The molecule has 0 aliphatic rings. The van der Waals surface area contributed by atoms with Crippen molar-refractivity contribution in [3.05, 3.63) is 39.7 Å². The Hall–Kier alpha value is -1.49. The maximum atomic E-state index is 13.2. The Kier molecular flexibility index (Phi) is 4.17. The van der Waals surface area contributed by atoms with Gasteiger partial charge in [0.25, 0.3) is 5.69 Å². The fraction of sp³-hybridized carbons (Fsp3) is 0.500. The Balaban J connectivity index is 3.02. The molecule has 0 aliphatic heterocycles. The van der Waals surface area contributed by atoms with Gasteiger partial charge < -0.3 is 5.73 Å². The van der Waals surface area contributed by atoms with Crippen molar-refractivity contribution >= 4 is 5.69 Å². The van der Waals surface area contributed by atoms with E-state index in [1.165, 1.54) is 12.1 Å². The van der Waals surface area contributed by atoms with Crippen molar-refractivity contribution < 1.29 is 9.31 Å². The van der Waals surface area contributed by atoms with Crippen LogP contribution in [0.15, 0.2) is 18.2 Å². The summed E-state index contributed by atoms with van der Waals surface area (Å²) in [5.41, 5.74) is 6.03. The molecule has 0 spiro atoms. The number of non-ortho nitro benzene ring substituents is 1. The summed E-state index contributed by atoms with van der Waals surface area (Å²) in [6.07, 6.45) is 1.93. The molecular formula is C12H17FN2O2. The maximum absolute atomic E-state index is 13.2. The van der Waals surface area contributed by atoms with Gasteiger partial charge in [-0.3, -0.25) is 10.1 Å². The molecule has 0 bridgehead atoms. The predicted octanol–water partition coefficient (Wildman–Crippen LogP) is 2.79. The van der Waals surface area contributed by atoms with Crippen LogP contribution < -0.4 is 5.73 Å². The summed E-state index contributed by atoms with van der Waals surface area (Å²) >= 11 is 0. The highest BCUT2D eigenvalue weighted by atomic mass is 19.1. The lowest BCUT2D eigenvalue weighted by Gasteiger charge is -2.26. The van der Waals surface area contributed by atoms with Crippen LogP contribution >= 0.6 is 0 Å². The molecule has 94 valence electrons. The van der Waals surface area contributed by atoms with Crippen LogP contribution in [0.25, 0.3) is 0 Å². The minimum Gasteiger partial charge on any atom is -0.325 e. The molecular weight excluding hydrogens is 223 g/mol. The van der Waals surface area contributed by atoms with Crippen molar-refractivity contribution in [1.29, 1.82) is 0 Å². The number of hydrogen-bond donors (Lipinski definition) is 1. The zero-order chi connectivity index (χ0) is 13.1. The summed E-state index contributed by atoms with van der Waals surface area (Å²) in [5.74, 6) is -0.594. The average molecular weight is 240 g/mol. The lowest BCUT2D eigenvalue weighted by atomic mass is 9.87. The number of nitrogens with two attached hydrogens (primary N) is 1. The van der Waals surface area contributed by atoms with Crippen molar-refractivity contribution in [3.63, 3.8) is 0 Å². The summed E-state index contributed by atoms with van der Waals surface area (Å²) in [7, 11) is 0. The van der Waals surface area contributed by atoms with E-state index in [2.05, 4.69) is 0 Å².